The maximum Gasteiger partial charge on any atom is 0.317 e. The number of rotatable bonds is 7. The Morgan fingerprint density at radius 3 is 2.64 bits per heavy atom. The second-order valence-electron chi connectivity index (χ2n) is 7.35. The van der Waals surface area contributed by atoms with Gasteiger partial charge in [-0.15, -0.1) is 0 Å². The summed E-state index contributed by atoms with van der Waals surface area (Å²) < 4.78 is 0. The number of carbonyl (C=O) groups is 2. The van der Waals surface area contributed by atoms with Crippen molar-refractivity contribution in [2.24, 2.45) is 10.7 Å². The van der Waals surface area contributed by atoms with Crippen molar-refractivity contribution in [2.45, 2.75) is 58.9 Å². The molecule has 7 heteroatoms. The monoisotopic (exact) mass is 391 g/mol. The molecule has 0 spiro atoms. The average Bonchev–Trinajstić information content (AvgIpc) is 2.91. The molecule has 1 saturated heterocycles. The van der Waals surface area contributed by atoms with Crippen molar-refractivity contribution in [3.8, 4) is 0 Å². The molecule has 0 saturated carbocycles. The van der Waals surface area contributed by atoms with Crippen LogP contribution >= 0.6 is 0 Å². The van der Waals surface area contributed by atoms with Gasteiger partial charge >= 0.3 is 6.03 Å². The van der Waals surface area contributed by atoms with E-state index in [1.54, 1.807) is 0 Å². The second kappa shape index (κ2) is 13.9. The van der Waals surface area contributed by atoms with Gasteiger partial charge in [0.15, 0.2) is 0 Å². The molecule has 3 N–H and O–H groups in total. The number of urea groups is 1. The fraction of sp³-hybridized carbons (Fsp3) is 0.667. The molecule has 2 rings (SSSR count). The van der Waals surface area contributed by atoms with Gasteiger partial charge < -0.3 is 25.6 Å². The van der Waals surface area contributed by atoms with E-state index in [1.165, 1.54) is 20.3 Å². The van der Waals surface area contributed by atoms with E-state index in [4.69, 9.17) is 5.73 Å². The maximum atomic E-state index is 12.1. The van der Waals surface area contributed by atoms with Crippen LogP contribution in [0.5, 0.6) is 0 Å². The summed E-state index contributed by atoms with van der Waals surface area (Å²) in [7, 11) is 0. The van der Waals surface area contributed by atoms with Crippen molar-refractivity contribution in [1.82, 2.24) is 15.1 Å². The molecule has 0 aromatic carbocycles. The number of nitrogens with two attached hydrogens (primary N) is 1. The van der Waals surface area contributed by atoms with Gasteiger partial charge in [0.25, 0.3) is 0 Å². The Kier molecular flexibility index (Phi) is 11.9. The molecule has 7 nitrogen and oxygen atoms in total. The molecule has 1 atom stereocenters. The molecule has 2 aliphatic rings. The minimum atomic E-state index is 0.0146. The Bertz CT molecular complexity index is 567. The number of amidine groups is 1. The third kappa shape index (κ3) is 10.3. The highest BCUT2D eigenvalue weighted by Crippen LogP contribution is 2.08. The molecular weight excluding hydrogens is 354 g/mol. The van der Waals surface area contributed by atoms with Gasteiger partial charge in [0, 0.05) is 51.4 Å². The molecule has 2 heterocycles. The van der Waals surface area contributed by atoms with Gasteiger partial charge in [0.1, 0.15) is 11.6 Å². The number of aliphatic imine (C=N–C) groups is 1. The highest BCUT2D eigenvalue weighted by atomic mass is 16.2. The zero-order valence-corrected chi connectivity index (χ0v) is 17.7. The van der Waals surface area contributed by atoms with Crippen LogP contribution in [0.2, 0.25) is 0 Å². The van der Waals surface area contributed by atoms with E-state index in [1.807, 2.05) is 23.3 Å². The first kappa shape index (κ1) is 23.9. The molecule has 0 aromatic heterocycles. The summed E-state index contributed by atoms with van der Waals surface area (Å²) in [6, 6.07) is 0.148. The summed E-state index contributed by atoms with van der Waals surface area (Å²) in [5, 5.41) is 3.01. The van der Waals surface area contributed by atoms with Gasteiger partial charge in [0.05, 0.1) is 0 Å². The first-order valence-electron chi connectivity index (χ1n) is 10.3. The number of nitrogens with one attached hydrogen (secondary N) is 1. The Balaban J connectivity index is 0.000000892. The number of hydrogen-bond acceptors (Lipinski definition) is 5. The summed E-state index contributed by atoms with van der Waals surface area (Å²) in [5.41, 5.74) is 5.85. The molecule has 2 amide bonds. The molecule has 1 unspecified atom stereocenters. The molecule has 0 aromatic rings. The molecule has 0 bridgehead atoms. The Labute approximate surface area is 169 Å². The van der Waals surface area contributed by atoms with E-state index < -0.39 is 0 Å². The lowest BCUT2D eigenvalue weighted by atomic mass is 10.2. The van der Waals surface area contributed by atoms with Crippen LogP contribution in [0.1, 0.15) is 52.9 Å². The van der Waals surface area contributed by atoms with Crippen LogP contribution < -0.4 is 11.1 Å². The number of amides is 2. The van der Waals surface area contributed by atoms with Gasteiger partial charge in [0.2, 0.25) is 0 Å². The van der Waals surface area contributed by atoms with Crippen molar-refractivity contribution in [3.63, 3.8) is 0 Å². The molecule has 0 radical (unpaired) electrons. The van der Waals surface area contributed by atoms with Crippen LogP contribution in [0, 0.1) is 0 Å². The van der Waals surface area contributed by atoms with Crippen LogP contribution in [-0.4, -0.2) is 66.2 Å². The number of Topliss-reactive ketones (excluding diaryl/α,β-unsaturated/α-hetero) is 1. The fourth-order valence-electron chi connectivity index (χ4n) is 2.96. The molecule has 2 aliphatic heterocycles. The van der Waals surface area contributed by atoms with Crippen molar-refractivity contribution in [2.75, 3.05) is 32.7 Å². The number of unbranched alkanes of at least 4 members (excludes halogenated alkanes) is 1. The van der Waals surface area contributed by atoms with E-state index in [0.717, 1.165) is 51.2 Å². The molecular formula is C21H37N5O2. The van der Waals surface area contributed by atoms with Gasteiger partial charge in [-0.05, 0) is 39.2 Å². The lowest BCUT2D eigenvalue weighted by molar-refractivity contribution is -0.114. The molecule has 158 valence electrons. The van der Waals surface area contributed by atoms with E-state index in [-0.39, 0.29) is 17.9 Å². The van der Waals surface area contributed by atoms with Gasteiger partial charge in [-0.3, -0.25) is 0 Å². The normalized spacial score (nSPS) is 18.1. The summed E-state index contributed by atoms with van der Waals surface area (Å²) in [6.07, 6.45) is 13.0. The summed E-state index contributed by atoms with van der Waals surface area (Å²) in [5.74, 6) is 1.28. The van der Waals surface area contributed by atoms with Crippen molar-refractivity contribution < 1.29 is 9.59 Å². The SMILES string of the molecule is CC(C)=O.CCCCN(CCCNC(=O)N1CCC(N)C1)C1=NC=CC=CC1. The third-order valence-electron chi connectivity index (χ3n) is 4.40. The predicted octanol–water partition coefficient (Wildman–Crippen LogP) is 2.69. The minimum Gasteiger partial charge on any atom is -0.360 e. The smallest absolute Gasteiger partial charge is 0.317 e. The van der Waals surface area contributed by atoms with Gasteiger partial charge in [-0.1, -0.05) is 25.5 Å². The van der Waals surface area contributed by atoms with E-state index >= 15 is 0 Å². The van der Waals surface area contributed by atoms with Crippen LogP contribution in [0.3, 0.4) is 0 Å². The maximum absolute atomic E-state index is 12.1. The summed E-state index contributed by atoms with van der Waals surface area (Å²) >= 11 is 0. The Morgan fingerprint density at radius 2 is 2.00 bits per heavy atom. The average molecular weight is 392 g/mol. The zero-order valence-electron chi connectivity index (χ0n) is 17.7. The topological polar surface area (TPSA) is 91.0 Å². The van der Waals surface area contributed by atoms with Crippen LogP contribution in [-0.2, 0) is 4.79 Å². The Morgan fingerprint density at radius 1 is 1.29 bits per heavy atom. The van der Waals surface area contributed by atoms with E-state index in [0.29, 0.717) is 13.1 Å². The van der Waals surface area contributed by atoms with Crippen LogP contribution in [0.25, 0.3) is 0 Å². The molecule has 1 fully saturated rings. The predicted molar refractivity (Wildman–Crippen MR) is 115 cm³/mol. The number of nitrogens with zero attached hydrogens (tertiary/aromatic N) is 3. The number of ketones is 1. The summed E-state index contributed by atoms with van der Waals surface area (Å²) in [4.78, 5) is 30.2. The highest BCUT2D eigenvalue weighted by molar-refractivity contribution is 5.84. The molecule has 28 heavy (non-hydrogen) atoms. The number of allylic oxidation sites excluding steroid dienone is 2. The highest BCUT2D eigenvalue weighted by Gasteiger charge is 2.23. The molecule has 0 aliphatic carbocycles. The standard InChI is InChI=1S/C18H31N5O.C3H6O/c1-2-3-12-22(17-8-5-4-6-10-20-17)13-7-11-21-18(24)23-14-9-16(19)15-23;1-3(2)4/h4-6,10,16H,2-3,7-9,11-15,19H2,1H3,(H,21,24);1-2H3. The Hall–Kier alpha value is -2.15. The van der Waals surface area contributed by atoms with E-state index in [9.17, 15) is 9.59 Å². The first-order valence-corrected chi connectivity index (χ1v) is 10.3. The number of hydrogen-bond donors (Lipinski definition) is 2. The lowest BCUT2D eigenvalue weighted by Gasteiger charge is -2.25. The van der Waals surface area contributed by atoms with E-state index in [2.05, 4.69) is 28.2 Å². The zero-order chi connectivity index (χ0) is 20.8. The van der Waals surface area contributed by atoms with Gasteiger partial charge in [-0.2, -0.15) is 0 Å². The second-order valence-corrected chi connectivity index (χ2v) is 7.35. The number of carbonyl (C=O) groups excluding carboxylic acids is 2. The van der Waals surface area contributed by atoms with Crippen molar-refractivity contribution >= 4 is 17.6 Å². The largest absolute Gasteiger partial charge is 0.360 e. The summed E-state index contributed by atoms with van der Waals surface area (Å²) in [6.45, 7) is 9.32. The van der Waals surface area contributed by atoms with Crippen LogP contribution in [0.15, 0.2) is 29.4 Å². The van der Waals surface area contributed by atoms with Crippen molar-refractivity contribution in [1.29, 1.82) is 0 Å². The first-order chi connectivity index (χ1) is 13.4. The van der Waals surface area contributed by atoms with Crippen molar-refractivity contribution in [3.05, 3.63) is 24.4 Å². The van der Waals surface area contributed by atoms with Crippen LogP contribution in [0.4, 0.5) is 4.79 Å². The number of likely N-dealkylation sites (tertiary alicyclic amines) is 1. The lowest BCUT2D eigenvalue weighted by Crippen LogP contribution is -2.41. The fourth-order valence-corrected chi connectivity index (χ4v) is 2.96. The third-order valence-corrected chi connectivity index (χ3v) is 4.40. The quantitative estimate of drug-likeness (QED) is 0.653. The van der Waals surface area contributed by atoms with Gasteiger partial charge in [-0.25, -0.2) is 9.79 Å². The minimum absolute atomic E-state index is 0.0146.